The summed E-state index contributed by atoms with van der Waals surface area (Å²) < 4.78 is 12.5. The van der Waals surface area contributed by atoms with Gasteiger partial charge in [0.2, 0.25) is 0 Å². The Morgan fingerprint density at radius 1 is 0.538 bits per heavy atom. The van der Waals surface area contributed by atoms with Crippen LogP contribution in [0, 0.1) is 0 Å². The van der Waals surface area contributed by atoms with Crippen molar-refractivity contribution in [3.8, 4) is 22.3 Å². The zero-order valence-corrected chi connectivity index (χ0v) is 23.5. The summed E-state index contributed by atoms with van der Waals surface area (Å²) in [5, 5.41) is 0. The van der Waals surface area contributed by atoms with Gasteiger partial charge in [-0.3, -0.25) is 0 Å². The minimum absolute atomic E-state index is 0.260. The van der Waals surface area contributed by atoms with Crippen LogP contribution in [0.5, 0.6) is 0 Å². The van der Waals surface area contributed by atoms with Gasteiger partial charge in [0.1, 0.15) is 0 Å². The van der Waals surface area contributed by atoms with Crippen molar-refractivity contribution in [3.63, 3.8) is 0 Å². The van der Waals surface area contributed by atoms with Crippen LogP contribution in [0.3, 0.4) is 0 Å². The maximum atomic E-state index is 13.6. The predicted octanol–water partition coefficient (Wildman–Crippen LogP) is 7.75. The van der Waals surface area contributed by atoms with Gasteiger partial charge in [-0.2, -0.15) is 0 Å². The molecule has 0 N–H and O–H groups in total. The molecule has 2 aliphatic rings. The molecule has 0 atom stereocenters. The molecule has 39 heavy (non-hydrogen) atoms. The molecule has 0 amide bonds. The Balaban J connectivity index is 1.73. The molecule has 4 aromatic rings. The van der Waals surface area contributed by atoms with Crippen LogP contribution in [-0.2, 0) is 33.6 Å². The van der Waals surface area contributed by atoms with E-state index < -0.39 is 37.7 Å². The van der Waals surface area contributed by atoms with Crippen LogP contribution in [0.15, 0.2) is 121 Å². The van der Waals surface area contributed by atoms with Crippen LogP contribution < -0.4 is 0 Å². The molecule has 0 saturated carbocycles. The molecule has 0 heterocycles. The first kappa shape index (κ1) is 25.3. The van der Waals surface area contributed by atoms with Crippen molar-refractivity contribution in [3.05, 3.63) is 144 Å². The number of carbonyl (C=O) groups is 2. The van der Waals surface area contributed by atoms with E-state index in [-0.39, 0.29) is 11.1 Å². The average Bonchev–Trinajstić information content (AvgIpc) is 3.46. The molecule has 4 nitrogen and oxygen atoms in total. The van der Waals surface area contributed by atoms with Gasteiger partial charge < -0.3 is 0 Å². The van der Waals surface area contributed by atoms with E-state index in [4.69, 9.17) is 6.64 Å². The van der Waals surface area contributed by atoms with Crippen molar-refractivity contribution in [1.82, 2.24) is 0 Å². The van der Waals surface area contributed by atoms with Gasteiger partial charge in [-0.1, -0.05) is 0 Å². The summed E-state index contributed by atoms with van der Waals surface area (Å²) in [4.78, 5) is 27.2. The van der Waals surface area contributed by atoms with Crippen molar-refractivity contribution in [2.75, 3.05) is 0 Å². The fraction of sp³-hybridized carbons (Fsp3) is 0.118. The maximum absolute atomic E-state index is 13.6. The van der Waals surface area contributed by atoms with Crippen LogP contribution >= 0.6 is 0 Å². The number of benzene rings is 4. The zero-order chi connectivity index (χ0) is 27.3. The van der Waals surface area contributed by atoms with E-state index in [1.54, 1.807) is 13.8 Å². The fourth-order valence-corrected chi connectivity index (χ4v) is 13.1. The van der Waals surface area contributed by atoms with Crippen molar-refractivity contribution in [2.45, 2.75) is 22.3 Å². The number of hydrogen-bond donors (Lipinski definition) is 0. The van der Waals surface area contributed by atoms with E-state index in [0.29, 0.717) is 0 Å². The van der Waals surface area contributed by atoms with Gasteiger partial charge in [0.25, 0.3) is 0 Å². The molecule has 2 aliphatic carbocycles. The zero-order valence-electron chi connectivity index (χ0n) is 21.9. The Labute approximate surface area is 232 Å². The molecule has 0 unspecified atom stereocenters. The van der Waals surface area contributed by atoms with Gasteiger partial charge in [-0.05, 0) is 0 Å². The molecule has 0 fully saturated rings. The number of rotatable bonds is 6. The topological polar surface area (TPSA) is 52.6 Å². The monoisotopic (exact) mass is 548 g/mol. The van der Waals surface area contributed by atoms with Crippen LogP contribution in [0.25, 0.3) is 22.3 Å². The number of fused-ring (bicyclic) bond motifs is 6. The molecule has 0 saturated heterocycles. The van der Waals surface area contributed by atoms with Gasteiger partial charge in [-0.15, -0.1) is 0 Å². The Bertz CT molecular complexity index is 1470. The van der Waals surface area contributed by atoms with Crippen LogP contribution in [0.4, 0.5) is 0 Å². The molecular formula is C34H28O4Ti. The van der Waals surface area contributed by atoms with Gasteiger partial charge >= 0.3 is 234 Å². The van der Waals surface area contributed by atoms with Gasteiger partial charge in [0, 0.05) is 0 Å². The standard InChI is InChI=1S/2C13H9.2C4H6O2.Ti/c2*1-3-7-12-10(5-1)9-11-6-2-4-8-13(11)12;2*1-3(2)4(5)6;/h2*1-9H;2*1H2,2H3,(H,5,6);/q;;;;+2/p-2. The normalized spacial score (nSPS) is 13.6. The summed E-state index contributed by atoms with van der Waals surface area (Å²) in [6, 6.07) is 32.6. The van der Waals surface area contributed by atoms with Crippen molar-refractivity contribution >= 4 is 11.9 Å². The Hall–Kier alpha value is -3.99. The Morgan fingerprint density at radius 2 is 0.795 bits per heavy atom. The summed E-state index contributed by atoms with van der Waals surface area (Å²) >= 11 is -4.79. The molecule has 0 bridgehead atoms. The Kier molecular flexibility index (Phi) is 6.25. The van der Waals surface area contributed by atoms with E-state index in [9.17, 15) is 9.59 Å². The molecule has 6 rings (SSSR count). The number of hydrogen-bond acceptors (Lipinski definition) is 4. The van der Waals surface area contributed by atoms with Crippen LogP contribution in [-0.4, -0.2) is 11.9 Å². The van der Waals surface area contributed by atoms with Crippen molar-refractivity contribution in [1.29, 1.82) is 0 Å². The second-order valence-corrected chi connectivity index (χ2v) is 15.0. The molecule has 0 radical (unpaired) electrons. The van der Waals surface area contributed by atoms with Gasteiger partial charge in [0.15, 0.2) is 0 Å². The summed E-state index contributed by atoms with van der Waals surface area (Å²) in [6.07, 6.45) is 0. The molecule has 5 heteroatoms. The SMILES string of the molecule is C=C(C)C(=O)[O][Ti]([O]C(=O)C(=C)C)([CH]1c2ccccc2-c2ccccc21)[CH]1c2ccccc2-c2ccccc21. The first-order valence-electron chi connectivity index (χ1n) is 13.0. The van der Waals surface area contributed by atoms with Gasteiger partial charge in [-0.25, -0.2) is 0 Å². The minimum atomic E-state index is -4.79. The van der Waals surface area contributed by atoms with Crippen molar-refractivity contribution in [2.24, 2.45) is 0 Å². The summed E-state index contributed by atoms with van der Waals surface area (Å²) in [5.41, 5.74) is 8.78. The third kappa shape index (κ3) is 3.94. The van der Waals surface area contributed by atoms with Crippen LogP contribution in [0.2, 0.25) is 0 Å². The first-order valence-corrected chi connectivity index (χ1v) is 16.1. The van der Waals surface area contributed by atoms with E-state index >= 15 is 0 Å². The summed E-state index contributed by atoms with van der Waals surface area (Å²) in [5.74, 6) is -1.10. The molecule has 4 aromatic carbocycles. The average molecular weight is 548 g/mol. The third-order valence-electron chi connectivity index (χ3n) is 7.67. The van der Waals surface area contributed by atoms with E-state index in [0.717, 1.165) is 44.5 Å². The molecule has 0 spiro atoms. The van der Waals surface area contributed by atoms with E-state index in [2.05, 4.69) is 61.7 Å². The fourth-order valence-electron chi connectivity index (χ4n) is 6.07. The second-order valence-electron chi connectivity index (χ2n) is 10.3. The second kappa shape index (κ2) is 9.64. The number of carbonyl (C=O) groups excluding carboxylic acids is 2. The molecule has 0 aliphatic heterocycles. The van der Waals surface area contributed by atoms with E-state index in [1.165, 1.54) is 0 Å². The van der Waals surface area contributed by atoms with Crippen LogP contribution in [0.1, 0.15) is 44.5 Å². The van der Waals surface area contributed by atoms with Gasteiger partial charge in [0.05, 0.1) is 0 Å². The molecule has 192 valence electrons. The van der Waals surface area contributed by atoms with Crippen molar-refractivity contribution < 1.29 is 33.6 Å². The predicted molar refractivity (Wildman–Crippen MR) is 149 cm³/mol. The quantitative estimate of drug-likeness (QED) is 0.183. The summed E-state index contributed by atoms with van der Waals surface area (Å²) in [7, 11) is 0. The third-order valence-corrected chi connectivity index (χ3v) is 13.7. The Morgan fingerprint density at radius 3 is 1.05 bits per heavy atom. The summed E-state index contributed by atoms with van der Waals surface area (Å²) in [6.45, 7) is 11.0. The van der Waals surface area contributed by atoms with E-state index in [1.807, 2.05) is 48.5 Å². The molecular weight excluding hydrogens is 520 g/mol. The molecule has 0 aromatic heterocycles. The first-order chi connectivity index (χ1) is 18.8.